The van der Waals surface area contributed by atoms with Crippen LogP contribution in [0.4, 0.5) is 0 Å². The predicted molar refractivity (Wildman–Crippen MR) is 200 cm³/mol. The van der Waals surface area contributed by atoms with Crippen LogP contribution < -0.4 is 9.47 Å². The van der Waals surface area contributed by atoms with E-state index in [-0.39, 0.29) is 46.7 Å². The Bertz CT molecular complexity index is 2000. The average Bonchev–Trinajstić information content (AvgIpc) is 3.15. The van der Waals surface area contributed by atoms with E-state index in [0.717, 1.165) is 29.9 Å². The average molecular weight is 763 g/mol. The third kappa shape index (κ3) is 18.4. The summed E-state index contributed by atoms with van der Waals surface area (Å²) in [6, 6.07) is 17.9. The molecule has 0 aliphatic rings. The normalized spacial score (nSPS) is 10.5. The van der Waals surface area contributed by atoms with Crippen molar-refractivity contribution in [1.82, 2.24) is 0 Å². The molecule has 0 aliphatic heterocycles. The van der Waals surface area contributed by atoms with Crippen molar-refractivity contribution < 1.29 is 79.7 Å². The molecule has 0 aromatic heterocycles. The van der Waals surface area contributed by atoms with Crippen molar-refractivity contribution in [3.8, 4) is 40.2 Å². The molecule has 0 fully saturated rings. The number of phenols is 5. The standard InChI is InChI=1S/C11H12O5.C10H10O4.C9H8O4.C9H8O3/c1-16-9-5-7(2-3-10(13)14)4-8(6-12)11(9)15;1-14-9-6-7(2-4-8(9)11)3-5-10(12)13;10-7-3-1-6(5-8(7)11)2-4-9(12)13;10-8-4-1-7(2-5-8)3-6-9(11)12/h2-5,12,15H,6H2,1H3,(H,13,14);2-6,11H,1H3,(H,12,13);1-5,10-11H,(H,12,13);1-6,10H,(H,11,12)/b3-2+;5-3+;4-2+;6-3+. The molecule has 4 aromatic rings. The monoisotopic (exact) mass is 762 g/mol. The third-order valence-electron chi connectivity index (χ3n) is 6.34. The molecule has 290 valence electrons. The molecule has 16 nitrogen and oxygen atoms in total. The Balaban J connectivity index is 0.000000369. The lowest BCUT2D eigenvalue weighted by Crippen LogP contribution is -1.92. The van der Waals surface area contributed by atoms with Crippen molar-refractivity contribution in [3.05, 3.63) is 125 Å². The number of methoxy groups -OCH3 is 2. The van der Waals surface area contributed by atoms with Crippen LogP contribution in [0.3, 0.4) is 0 Å². The number of aliphatic hydroxyl groups excluding tert-OH is 1. The molecule has 10 N–H and O–H groups in total. The molecule has 4 aromatic carbocycles. The van der Waals surface area contributed by atoms with Gasteiger partial charge in [0.1, 0.15) is 5.75 Å². The number of carboxylic acid groups (broad SMARTS) is 4. The molecule has 4 rings (SSSR count). The summed E-state index contributed by atoms with van der Waals surface area (Å²) < 4.78 is 9.75. The minimum atomic E-state index is -1.07. The van der Waals surface area contributed by atoms with Crippen molar-refractivity contribution in [1.29, 1.82) is 0 Å². The van der Waals surface area contributed by atoms with Crippen LogP contribution in [-0.2, 0) is 25.8 Å². The first-order valence-corrected chi connectivity index (χ1v) is 15.3. The molecule has 0 atom stereocenters. The Kier molecular flexibility index (Phi) is 19.5. The Hall–Kier alpha value is -7.72. The minimum absolute atomic E-state index is 0.0278. The molecule has 55 heavy (non-hydrogen) atoms. The van der Waals surface area contributed by atoms with Gasteiger partial charge in [0.15, 0.2) is 34.5 Å². The van der Waals surface area contributed by atoms with E-state index in [2.05, 4.69) is 0 Å². The first-order chi connectivity index (χ1) is 26.0. The molecule has 0 aliphatic carbocycles. The fraction of sp³-hybridized carbons (Fsp3) is 0.0769. The van der Waals surface area contributed by atoms with E-state index in [4.69, 9.17) is 50.3 Å². The van der Waals surface area contributed by atoms with Gasteiger partial charge in [-0.25, -0.2) is 19.2 Å². The van der Waals surface area contributed by atoms with Crippen LogP contribution in [0, 0.1) is 0 Å². The maximum atomic E-state index is 10.3. The zero-order valence-corrected chi connectivity index (χ0v) is 29.2. The van der Waals surface area contributed by atoms with Gasteiger partial charge in [-0.3, -0.25) is 0 Å². The SMILES string of the molecule is COc1cc(/C=C/C(=O)O)cc(CO)c1O.COc1cc(/C=C/C(=O)O)ccc1O.O=C(O)/C=C/c1ccc(O)c(O)c1.O=C(O)/C=C/c1ccc(O)cc1. The first kappa shape index (κ1) is 45.3. The summed E-state index contributed by atoms with van der Waals surface area (Å²) in [5, 5.41) is 88.1. The number of carbonyl (C=O) groups is 4. The number of rotatable bonds is 11. The van der Waals surface area contributed by atoms with E-state index in [1.165, 1.54) is 87.1 Å². The Morgan fingerprint density at radius 2 is 0.891 bits per heavy atom. The van der Waals surface area contributed by atoms with Gasteiger partial charge in [0.05, 0.1) is 20.8 Å². The Labute approximate surface area is 313 Å². The van der Waals surface area contributed by atoms with Gasteiger partial charge in [-0.15, -0.1) is 0 Å². The van der Waals surface area contributed by atoms with Crippen molar-refractivity contribution in [3.63, 3.8) is 0 Å². The van der Waals surface area contributed by atoms with Crippen molar-refractivity contribution in [2.45, 2.75) is 6.61 Å². The van der Waals surface area contributed by atoms with Crippen LogP contribution in [0.5, 0.6) is 40.2 Å². The number of aliphatic carboxylic acids is 4. The second-order valence-electron chi connectivity index (χ2n) is 10.3. The number of aromatic hydroxyl groups is 5. The summed E-state index contributed by atoms with van der Waals surface area (Å²) in [7, 11) is 2.81. The van der Waals surface area contributed by atoms with E-state index in [0.29, 0.717) is 22.4 Å². The van der Waals surface area contributed by atoms with Gasteiger partial charge in [0.2, 0.25) is 0 Å². The first-order valence-electron chi connectivity index (χ1n) is 15.3. The summed E-state index contributed by atoms with van der Waals surface area (Å²) >= 11 is 0. The number of benzene rings is 4. The number of ether oxygens (including phenoxy) is 2. The summed E-state index contributed by atoms with van der Waals surface area (Å²) in [4.78, 5) is 40.8. The predicted octanol–water partition coefficient (Wildman–Crippen LogP) is 5.18. The highest BCUT2D eigenvalue weighted by atomic mass is 16.5. The van der Waals surface area contributed by atoms with Gasteiger partial charge < -0.3 is 60.5 Å². The Morgan fingerprint density at radius 1 is 0.491 bits per heavy atom. The molecule has 0 amide bonds. The number of carboxylic acids is 4. The van der Waals surface area contributed by atoms with Crippen LogP contribution in [0.1, 0.15) is 27.8 Å². The van der Waals surface area contributed by atoms with Crippen molar-refractivity contribution in [2.75, 3.05) is 14.2 Å². The zero-order valence-electron chi connectivity index (χ0n) is 29.2. The van der Waals surface area contributed by atoms with Gasteiger partial charge in [0, 0.05) is 29.9 Å². The summed E-state index contributed by atoms with van der Waals surface area (Å²) in [5.41, 5.74) is 2.72. The largest absolute Gasteiger partial charge is 0.508 e. The van der Waals surface area contributed by atoms with Gasteiger partial charge in [-0.05, 0) is 95.1 Å². The molecule has 0 heterocycles. The van der Waals surface area contributed by atoms with E-state index < -0.39 is 23.9 Å². The molecule has 0 spiro atoms. The second kappa shape index (κ2) is 23.7. The van der Waals surface area contributed by atoms with Crippen LogP contribution in [0.2, 0.25) is 0 Å². The minimum Gasteiger partial charge on any atom is -0.508 e. The molecule has 0 radical (unpaired) electrons. The molecule has 0 unspecified atom stereocenters. The quantitative estimate of drug-likeness (QED) is 0.0696. The molecule has 16 heteroatoms. The maximum absolute atomic E-state index is 10.3. The Morgan fingerprint density at radius 3 is 1.33 bits per heavy atom. The molecular formula is C39H38O16. The summed E-state index contributed by atoms with van der Waals surface area (Å²) in [5.74, 6) is -4.07. The highest BCUT2D eigenvalue weighted by molar-refractivity contribution is 5.87. The van der Waals surface area contributed by atoms with Crippen LogP contribution in [-0.4, -0.2) is 89.2 Å². The molecule has 0 saturated heterocycles. The van der Waals surface area contributed by atoms with Crippen molar-refractivity contribution in [2.24, 2.45) is 0 Å². The lowest BCUT2D eigenvalue weighted by molar-refractivity contribution is -0.132. The second-order valence-corrected chi connectivity index (χ2v) is 10.3. The van der Waals surface area contributed by atoms with Gasteiger partial charge in [0.25, 0.3) is 0 Å². The lowest BCUT2D eigenvalue weighted by Gasteiger charge is -2.08. The zero-order chi connectivity index (χ0) is 41.5. The summed E-state index contributed by atoms with van der Waals surface area (Å²) in [6.45, 7) is -0.350. The number of hydrogen-bond acceptors (Lipinski definition) is 12. The van der Waals surface area contributed by atoms with E-state index in [1.54, 1.807) is 24.3 Å². The molecule has 0 saturated carbocycles. The smallest absolute Gasteiger partial charge is 0.328 e. The number of hydrogen-bond donors (Lipinski definition) is 10. The maximum Gasteiger partial charge on any atom is 0.328 e. The van der Waals surface area contributed by atoms with E-state index in [1.807, 2.05) is 0 Å². The van der Waals surface area contributed by atoms with Gasteiger partial charge >= 0.3 is 23.9 Å². The van der Waals surface area contributed by atoms with E-state index in [9.17, 15) is 29.4 Å². The third-order valence-corrected chi connectivity index (χ3v) is 6.34. The lowest BCUT2D eigenvalue weighted by atomic mass is 10.1. The molecular weight excluding hydrogens is 724 g/mol. The fourth-order valence-electron chi connectivity index (χ4n) is 3.76. The van der Waals surface area contributed by atoms with Crippen molar-refractivity contribution >= 4 is 48.2 Å². The fourth-order valence-corrected chi connectivity index (χ4v) is 3.76. The number of aliphatic hydroxyl groups is 1. The van der Waals surface area contributed by atoms with Gasteiger partial charge in [-0.2, -0.15) is 0 Å². The number of phenolic OH excluding ortho intramolecular Hbond substituents is 4. The van der Waals surface area contributed by atoms with Crippen LogP contribution >= 0.6 is 0 Å². The van der Waals surface area contributed by atoms with Crippen LogP contribution in [0.25, 0.3) is 24.3 Å². The van der Waals surface area contributed by atoms with Crippen LogP contribution in [0.15, 0.2) is 97.1 Å². The van der Waals surface area contributed by atoms with Gasteiger partial charge in [-0.1, -0.05) is 24.3 Å². The van der Waals surface area contributed by atoms with E-state index >= 15 is 0 Å². The topological polar surface area (TPSA) is 289 Å². The highest BCUT2D eigenvalue weighted by Gasteiger charge is 2.09. The molecule has 0 bridgehead atoms. The highest BCUT2D eigenvalue weighted by Crippen LogP contribution is 2.32. The summed E-state index contributed by atoms with van der Waals surface area (Å²) in [6.07, 6.45) is 9.54.